The van der Waals surface area contributed by atoms with E-state index >= 15 is 0 Å². The molecule has 0 fully saturated rings. The SMILES string of the molecule is CN1C(=O)[C@@H](NC(=O)c2n[nH]c3ccc(Cl)nc23)COc2ccccc21. The van der Waals surface area contributed by atoms with Gasteiger partial charge in [-0.25, -0.2) is 4.98 Å². The van der Waals surface area contributed by atoms with Crippen molar-refractivity contribution in [1.82, 2.24) is 20.5 Å². The van der Waals surface area contributed by atoms with Crippen molar-refractivity contribution in [1.29, 1.82) is 0 Å². The van der Waals surface area contributed by atoms with E-state index in [1.807, 2.05) is 12.1 Å². The Morgan fingerprint density at radius 1 is 1.35 bits per heavy atom. The Kier molecular flexibility index (Phi) is 3.96. The molecule has 3 heterocycles. The van der Waals surface area contributed by atoms with Crippen molar-refractivity contribution >= 4 is 40.1 Å². The number of pyridine rings is 1. The fraction of sp³-hybridized carbons (Fsp3) is 0.176. The van der Waals surface area contributed by atoms with Crippen molar-refractivity contribution in [2.75, 3.05) is 18.6 Å². The third kappa shape index (κ3) is 2.74. The molecule has 2 amide bonds. The standard InChI is InChI=1S/C17H14ClN5O3/c1-23-11-4-2-3-5-12(11)26-8-10(17(23)25)19-16(24)15-14-9(21-22-15)6-7-13(18)20-14/h2-7,10H,8H2,1H3,(H,19,24)(H,21,22)/t10-/m0/s1. The van der Waals surface area contributed by atoms with Crippen LogP contribution in [0.25, 0.3) is 11.0 Å². The predicted octanol–water partition coefficient (Wildman–Crippen LogP) is 1.77. The van der Waals surface area contributed by atoms with Crippen LogP contribution in [0.5, 0.6) is 5.75 Å². The zero-order valence-electron chi connectivity index (χ0n) is 13.7. The number of anilines is 1. The number of aromatic nitrogens is 3. The third-order valence-corrected chi connectivity index (χ3v) is 4.37. The van der Waals surface area contributed by atoms with Crippen molar-refractivity contribution in [3.8, 4) is 5.75 Å². The smallest absolute Gasteiger partial charge is 0.274 e. The summed E-state index contributed by atoms with van der Waals surface area (Å²) in [6.45, 7) is 0.0163. The summed E-state index contributed by atoms with van der Waals surface area (Å²) in [5, 5.41) is 9.62. The van der Waals surface area contributed by atoms with Crippen LogP contribution in [-0.4, -0.2) is 46.7 Å². The lowest BCUT2D eigenvalue weighted by Crippen LogP contribution is -2.49. The summed E-state index contributed by atoms with van der Waals surface area (Å²) in [7, 11) is 1.64. The molecule has 3 aromatic rings. The number of benzene rings is 1. The van der Waals surface area contributed by atoms with Crippen molar-refractivity contribution in [3.05, 3.63) is 47.2 Å². The lowest BCUT2D eigenvalue weighted by Gasteiger charge is -2.20. The minimum Gasteiger partial charge on any atom is -0.489 e. The lowest BCUT2D eigenvalue weighted by atomic mass is 10.2. The van der Waals surface area contributed by atoms with E-state index in [1.54, 1.807) is 31.3 Å². The van der Waals surface area contributed by atoms with Crippen LogP contribution in [0, 0.1) is 0 Å². The van der Waals surface area contributed by atoms with Crippen LogP contribution in [0.3, 0.4) is 0 Å². The minimum atomic E-state index is -0.856. The molecule has 0 radical (unpaired) electrons. The second-order valence-electron chi connectivity index (χ2n) is 5.80. The van der Waals surface area contributed by atoms with Gasteiger partial charge in [-0.2, -0.15) is 5.10 Å². The van der Waals surface area contributed by atoms with E-state index in [-0.39, 0.29) is 23.4 Å². The molecule has 1 atom stereocenters. The van der Waals surface area contributed by atoms with E-state index in [0.29, 0.717) is 22.5 Å². The van der Waals surface area contributed by atoms with Crippen molar-refractivity contribution in [2.24, 2.45) is 0 Å². The molecule has 1 aliphatic rings. The van der Waals surface area contributed by atoms with Crippen LogP contribution in [0.4, 0.5) is 5.69 Å². The number of H-pyrrole nitrogens is 1. The van der Waals surface area contributed by atoms with Gasteiger partial charge in [0.2, 0.25) is 0 Å². The van der Waals surface area contributed by atoms with Gasteiger partial charge < -0.3 is 15.0 Å². The van der Waals surface area contributed by atoms with Crippen LogP contribution in [0.1, 0.15) is 10.5 Å². The number of aromatic amines is 1. The zero-order chi connectivity index (χ0) is 18.3. The first-order valence-corrected chi connectivity index (χ1v) is 8.23. The molecule has 0 saturated carbocycles. The number of halogens is 1. The summed E-state index contributed by atoms with van der Waals surface area (Å²) in [5.74, 6) is -0.236. The maximum absolute atomic E-state index is 12.7. The first-order valence-electron chi connectivity index (χ1n) is 7.85. The second-order valence-corrected chi connectivity index (χ2v) is 6.19. The Morgan fingerprint density at radius 3 is 3.00 bits per heavy atom. The summed E-state index contributed by atoms with van der Waals surface area (Å²) < 4.78 is 5.68. The average Bonchev–Trinajstić information content (AvgIpc) is 3.02. The van der Waals surface area contributed by atoms with Crippen molar-refractivity contribution < 1.29 is 14.3 Å². The van der Waals surface area contributed by atoms with Crippen LogP contribution in [0.15, 0.2) is 36.4 Å². The van der Waals surface area contributed by atoms with Crippen LogP contribution < -0.4 is 15.0 Å². The van der Waals surface area contributed by atoms with Gasteiger partial charge >= 0.3 is 0 Å². The molecule has 0 spiro atoms. The monoisotopic (exact) mass is 371 g/mol. The summed E-state index contributed by atoms with van der Waals surface area (Å²) in [5.41, 5.74) is 1.63. The second kappa shape index (κ2) is 6.30. The van der Waals surface area contributed by atoms with Gasteiger partial charge in [0.1, 0.15) is 29.1 Å². The highest BCUT2D eigenvalue weighted by Crippen LogP contribution is 2.30. The number of fused-ring (bicyclic) bond motifs is 2. The number of amides is 2. The van der Waals surface area contributed by atoms with E-state index < -0.39 is 11.9 Å². The van der Waals surface area contributed by atoms with Gasteiger partial charge in [0.25, 0.3) is 11.8 Å². The van der Waals surface area contributed by atoms with Gasteiger partial charge in [-0.1, -0.05) is 23.7 Å². The van der Waals surface area contributed by atoms with Gasteiger partial charge in [-0.05, 0) is 24.3 Å². The third-order valence-electron chi connectivity index (χ3n) is 4.15. The number of carbonyl (C=O) groups is 2. The molecule has 1 aromatic carbocycles. The molecule has 1 aliphatic heterocycles. The van der Waals surface area contributed by atoms with Crippen LogP contribution in [-0.2, 0) is 4.79 Å². The Labute approximate surface area is 153 Å². The van der Waals surface area contributed by atoms with Gasteiger partial charge in [0, 0.05) is 7.05 Å². The van der Waals surface area contributed by atoms with E-state index in [1.165, 1.54) is 4.90 Å². The Balaban J connectivity index is 1.60. The van der Waals surface area contributed by atoms with E-state index in [0.717, 1.165) is 0 Å². The first-order chi connectivity index (χ1) is 12.5. The molecule has 0 aliphatic carbocycles. The highest BCUT2D eigenvalue weighted by molar-refractivity contribution is 6.29. The van der Waals surface area contributed by atoms with Crippen molar-refractivity contribution in [2.45, 2.75) is 6.04 Å². The summed E-state index contributed by atoms with van der Waals surface area (Å²) >= 11 is 5.89. The Bertz CT molecular complexity index is 1020. The lowest BCUT2D eigenvalue weighted by molar-refractivity contribution is -0.120. The van der Waals surface area contributed by atoms with Crippen molar-refractivity contribution in [3.63, 3.8) is 0 Å². The summed E-state index contributed by atoms with van der Waals surface area (Å²) in [6, 6.07) is 9.61. The predicted molar refractivity (Wildman–Crippen MR) is 95.5 cm³/mol. The number of nitrogens with zero attached hydrogens (tertiary/aromatic N) is 3. The quantitative estimate of drug-likeness (QED) is 0.669. The molecule has 2 aromatic heterocycles. The molecule has 4 rings (SSSR count). The fourth-order valence-corrected chi connectivity index (χ4v) is 2.96. The van der Waals surface area contributed by atoms with Crippen LogP contribution >= 0.6 is 11.6 Å². The van der Waals surface area contributed by atoms with Gasteiger partial charge in [0.05, 0.1) is 11.2 Å². The number of likely N-dealkylation sites (N-methyl/N-ethyl adjacent to an activating group) is 1. The summed E-state index contributed by atoms with van der Waals surface area (Å²) in [6.07, 6.45) is 0. The largest absolute Gasteiger partial charge is 0.489 e. The topological polar surface area (TPSA) is 100 Å². The number of rotatable bonds is 2. The Morgan fingerprint density at radius 2 is 2.15 bits per heavy atom. The zero-order valence-corrected chi connectivity index (χ0v) is 14.4. The average molecular weight is 372 g/mol. The molecule has 0 unspecified atom stereocenters. The van der Waals surface area contributed by atoms with Gasteiger partial charge in [-0.15, -0.1) is 0 Å². The Hall–Kier alpha value is -3.13. The number of carbonyl (C=O) groups excluding carboxylic acids is 2. The van der Waals surface area contributed by atoms with Crippen LogP contribution in [0.2, 0.25) is 5.15 Å². The highest BCUT2D eigenvalue weighted by atomic mass is 35.5. The molecule has 132 valence electrons. The van der Waals surface area contributed by atoms with E-state index in [2.05, 4.69) is 20.5 Å². The molecule has 0 bridgehead atoms. The van der Waals surface area contributed by atoms with Gasteiger partial charge in [-0.3, -0.25) is 14.7 Å². The maximum atomic E-state index is 12.7. The molecular formula is C17H14ClN5O3. The molecule has 0 saturated heterocycles. The molecule has 8 nitrogen and oxygen atoms in total. The van der Waals surface area contributed by atoms with Gasteiger partial charge in [0.15, 0.2) is 5.69 Å². The minimum absolute atomic E-state index is 0.0163. The molecule has 26 heavy (non-hydrogen) atoms. The fourth-order valence-electron chi connectivity index (χ4n) is 2.82. The summed E-state index contributed by atoms with van der Waals surface area (Å²) in [4.78, 5) is 30.9. The number of hydrogen-bond donors (Lipinski definition) is 2. The normalized spacial score (nSPS) is 16.8. The van der Waals surface area contributed by atoms with E-state index in [4.69, 9.17) is 16.3 Å². The van der Waals surface area contributed by atoms with E-state index in [9.17, 15) is 9.59 Å². The number of ether oxygens (including phenoxy) is 1. The highest BCUT2D eigenvalue weighted by Gasteiger charge is 2.31. The number of nitrogens with one attached hydrogen (secondary N) is 2. The number of para-hydroxylation sites is 2. The molecule has 2 N–H and O–H groups in total. The molecular weight excluding hydrogens is 358 g/mol. The first kappa shape index (κ1) is 16.3. The maximum Gasteiger partial charge on any atom is 0.274 e. The number of hydrogen-bond acceptors (Lipinski definition) is 5. The molecule has 9 heteroatoms.